The van der Waals surface area contributed by atoms with Crippen molar-refractivity contribution >= 4 is 5.91 Å². The summed E-state index contributed by atoms with van der Waals surface area (Å²) in [5.74, 6) is 0.0509. The molecule has 0 aromatic carbocycles. The third-order valence-electron chi connectivity index (χ3n) is 3.96. The van der Waals surface area contributed by atoms with Gasteiger partial charge in [-0.05, 0) is 12.8 Å². The molecule has 1 amide bonds. The van der Waals surface area contributed by atoms with Gasteiger partial charge in [-0.25, -0.2) is 0 Å². The van der Waals surface area contributed by atoms with Crippen LogP contribution in [0.2, 0.25) is 0 Å². The summed E-state index contributed by atoms with van der Waals surface area (Å²) in [6, 6.07) is 0. The van der Waals surface area contributed by atoms with E-state index in [1.807, 2.05) is 0 Å². The third-order valence-corrected chi connectivity index (χ3v) is 3.96. The molecule has 0 fully saturated rings. The average Bonchev–Trinajstić information content (AvgIpc) is 2.39. The molecule has 19 heavy (non-hydrogen) atoms. The van der Waals surface area contributed by atoms with Crippen LogP contribution in [0.3, 0.4) is 0 Å². The van der Waals surface area contributed by atoms with Gasteiger partial charge in [0, 0.05) is 5.92 Å². The second-order valence-electron chi connectivity index (χ2n) is 5.86. The van der Waals surface area contributed by atoms with Gasteiger partial charge in [0.25, 0.3) is 0 Å². The first-order valence-electron chi connectivity index (χ1n) is 8.51. The Kier molecular flexibility index (Phi) is 13.5. The highest BCUT2D eigenvalue weighted by Gasteiger charge is 2.13. The van der Waals surface area contributed by atoms with Gasteiger partial charge in [0.1, 0.15) is 0 Å². The molecule has 2 nitrogen and oxygen atoms in total. The number of unbranched alkanes of at least 4 members (excludes halogenated alkanes) is 9. The largest absolute Gasteiger partial charge is 0.369 e. The molecule has 0 bridgehead atoms. The Balaban J connectivity index is 3.51. The van der Waals surface area contributed by atoms with Crippen LogP contribution in [0, 0.1) is 5.92 Å². The lowest BCUT2D eigenvalue weighted by atomic mass is 9.94. The Morgan fingerprint density at radius 3 is 1.53 bits per heavy atom. The van der Waals surface area contributed by atoms with Gasteiger partial charge in [0.15, 0.2) is 0 Å². The van der Waals surface area contributed by atoms with Crippen LogP contribution in [-0.2, 0) is 4.79 Å². The Morgan fingerprint density at radius 2 is 1.11 bits per heavy atom. The molecule has 0 aliphatic rings. The van der Waals surface area contributed by atoms with Crippen molar-refractivity contribution < 1.29 is 4.79 Å². The summed E-state index contributed by atoms with van der Waals surface area (Å²) in [6.07, 6.45) is 16.1. The third kappa shape index (κ3) is 12.3. The van der Waals surface area contributed by atoms with Crippen molar-refractivity contribution in [2.45, 2.75) is 97.3 Å². The van der Waals surface area contributed by atoms with Crippen molar-refractivity contribution in [3.05, 3.63) is 0 Å². The van der Waals surface area contributed by atoms with Crippen LogP contribution in [0.5, 0.6) is 0 Å². The van der Waals surface area contributed by atoms with Crippen LogP contribution in [0.1, 0.15) is 97.3 Å². The zero-order valence-corrected chi connectivity index (χ0v) is 13.3. The average molecular weight is 269 g/mol. The van der Waals surface area contributed by atoms with Crippen LogP contribution < -0.4 is 5.73 Å². The predicted octanol–water partition coefficient (Wildman–Crippen LogP) is 5.20. The zero-order chi connectivity index (χ0) is 14.3. The van der Waals surface area contributed by atoms with Gasteiger partial charge in [0.05, 0.1) is 0 Å². The lowest BCUT2D eigenvalue weighted by Gasteiger charge is -2.12. The molecule has 2 heteroatoms. The summed E-state index contributed by atoms with van der Waals surface area (Å²) in [5.41, 5.74) is 5.49. The van der Waals surface area contributed by atoms with Gasteiger partial charge in [0.2, 0.25) is 5.91 Å². The minimum atomic E-state index is -0.0810. The molecular weight excluding hydrogens is 234 g/mol. The minimum absolute atomic E-state index is 0.0810. The molecule has 2 N–H and O–H groups in total. The normalized spacial score (nSPS) is 12.5. The van der Waals surface area contributed by atoms with Gasteiger partial charge >= 0.3 is 0 Å². The molecule has 0 saturated carbocycles. The number of carbonyl (C=O) groups is 1. The summed E-state index contributed by atoms with van der Waals surface area (Å²) >= 11 is 0. The molecule has 114 valence electrons. The first-order valence-corrected chi connectivity index (χ1v) is 8.51. The Morgan fingerprint density at radius 1 is 0.737 bits per heavy atom. The van der Waals surface area contributed by atoms with E-state index in [0.29, 0.717) is 0 Å². The van der Waals surface area contributed by atoms with Gasteiger partial charge in [-0.15, -0.1) is 0 Å². The molecule has 0 saturated heterocycles. The smallest absolute Gasteiger partial charge is 0.220 e. The summed E-state index contributed by atoms with van der Waals surface area (Å²) < 4.78 is 0. The van der Waals surface area contributed by atoms with Gasteiger partial charge < -0.3 is 5.73 Å². The van der Waals surface area contributed by atoms with Gasteiger partial charge in [-0.1, -0.05) is 84.5 Å². The van der Waals surface area contributed by atoms with Crippen molar-refractivity contribution in [3.63, 3.8) is 0 Å². The van der Waals surface area contributed by atoms with Crippen LogP contribution in [0.15, 0.2) is 0 Å². The molecule has 0 spiro atoms. The fourth-order valence-electron chi connectivity index (χ4n) is 2.59. The van der Waals surface area contributed by atoms with Gasteiger partial charge in [-0.2, -0.15) is 0 Å². The first-order chi connectivity index (χ1) is 9.22. The van der Waals surface area contributed by atoms with Crippen molar-refractivity contribution in [2.24, 2.45) is 11.7 Å². The molecule has 0 aliphatic heterocycles. The highest BCUT2D eigenvalue weighted by molar-refractivity contribution is 5.76. The molecule has 1 unspecified atom stereocenters. The van der Waals surface area contributed by atoms with Crippen LogP contribution in [0.25, 0.3) is 0 Å². The number of amides is 1. The molecule has 1 atom stereocenters. The van der Waals surface area contributed by atoms with Crippen LogP contribution >= 0.6 is 0 Å². The van der Waals surface area contributed by atoms with Crippen molar-refractivity contribution in [1.82, 2.24) is 0 Å². The fraction of sp³-hybridized carbons (Fsp3) is 0.941. The highest BCUT2D eigenvalue weighted by Crippen LogP contribution is 2.18. The SMILES string of the molecule is CCCCCCCCCC(CCCCCC)C(N)=O. The first kappa shape index (κ1) is 18.5. The second kappa shape index (κ2) is 13.9. The van der Waals surface area contributed by atoms with Gasteiger partial charge in [-0.3, -0.25) is 4.79 Å². The minimum Gasteiger partial charge on any atom is -0.369 e. The summed E-state index contributed by atoms with van der Waals surface area (Å²) in [4.78, 5) is 11.4. The Labute approximate surface area is 120 Å². The topological polar surface area (TPSA) is 43.1 Å². The fourth-order valence-corrected chi connectivity index (χ4v) is 2.59. The standard InChI is InChI=1S/C17H35NO/c1-3-5-7-9-10-11-13-15-16(17(18)19)14-12-8-6-4-2/h16H,3-15H2,1-2H3,(H2,18,19). The number of carbonyl (C=O) groups excluding carboxylic acids is 1. The van der Waals surface area contributed by atoms with E-state index in [2.05, 4.69) is 13.8 Å². The number of rotatable bonds is 14. The van der Waals surface area contributed by atoms with Crippen molar-refractivity contribution in [1.29, 1.82) is 0 Å². The number of nitrogens with two attached hydrogens (primary N) is 1. The molecule has 0 rings (SSSR count). The van der Waals surface area contributed by atoms with E-state index in [-0.39, 0.29) is 11.8 Å². The van der Waals surface area contributed by atoms with E-state index in [9.17, 15) is 4.79 Å². The molecule has 0 aromatic heterocycles. The van der Waals surface area contributed by atoms with Crippen LogP contribution in [0.4, 0.5) is 0 Å². The predicted molar refractivity (Wildman–Crippen MR) is 84.1 cm³/mol. The van der Waals surface area contributed by atoms with E-state index in [4.69, 9.17) is 5.73 Å². The van der Waals surface area contributed by atoms with E-state index < -0.39 is 0 Å². The maximum atomic E-state index is 11.4. The maximum Gasteiger partial charge on any atom is 0.220 e. The lowest BCUT2D eigenvalue weighted by molar-refractivity contribution is -0.122. The molecule has 0 radical (unpaired) electrons. The Hall–Kier alpha value is -0.530. The Bertz CT molecular complexity index is 203. The quantitative estimate of drug-likeness (QED) is 0.433. The molecular formula is C17H35NO. The van der Waals surface area contributed by atoms with E-state index >= 15 is 0 Å². The maximum absolute atomic E-state index is 11.4. The summed E-state index contributed by atoms with van der Waals surface area (Å²) in [7, 11) is 0. The molecule has 0 aromatic rings. The van der Waals surface area contributed by atoms with E-state index in [1.54, 1.807) is 0 Å². The number of hydrogen-bond acceptors (Lipinski definition) is 1. The monoisotopic (exact) mass is 269 g/mol. The second-order valence-corrected chi connectivity index (χ2v) is 5.86. The van der Waals surface area contributed by atoms with Crippen LogP contribution in [-0.4, -0.2) is 5.91 Å². The van der Waals surface area contributed by atoms with Crippen molar-refractivity contribution in [2.75, 3.05) is 0 Å². The summed E-state index contributed by atoms with van der Waals surface area (Å²) in [6.45, 7) is 4.46. The number of primary amides is 1. The summed E-state index contributed by atoms with van der Waals surface area (Å²) in [5, 5.41) is 0. The molecule has 0 aliphatic carbocycles. The zero-order valence-electron chi connectivity index (χ0n) is 13.3. The van der Waals surface area contributed by atoms with E-state index in [1.165, 1.54) is 64.2 Å². The van der Waals surface area contributed by atoms with Crippen molar-refractivity contribution in [3.8, 4) is 0 Å². The number of hydrogen-bond donors (Lipinski definition) is 1. The lowest BCUT2D eigenvalue weighted by Crippen LogP contribution is -2.23. The van der Waals surface area contributed by atoms with E-state index in [0.717, 1.165) is 19.3 Å². The highest BCUT2D eigenvalue weighted by atomic mass is 16.1. The molecule has 0 heterocycles.